The molecule has 176 valence electrons. The van der Waals surface area contributed by atoms with Crippen LogP contribution in [0.3, 0.4) is 0 Å². The molecule has 33 heavy (non-hydrogen) atoms. The number of nitrogens with two attached hydrogens (primary N) is 1. The van der Waals surface area contributed by atoms with Crippen molar-refractivity contribution >= 4 is 43.2 Å². The number of allylic oxidation sites excluding steroid dienone is 4. The standard InChI is InChI=1S/C22H21ClN2O2S.CH5NO2S/c1-22(27,13-26)15-6-8-24-19(11-15)17-7-9-25-20-12-16(28-21(17)20)10-14-4-2-3-5-18(14)23;1-5(2,3)4/h2,4,6-9,11-12,26-27H,3,5,10,13H2,1H3;1H3,(H2,2,3,4). The van der Waals surface area contributed by atoms with E-state index in [1.807, 2.05) is 12.1 Å². The lowest BCUT2D eigenvalue weighted by Gasteiger charge is -2.21. The minimum atomic E-state index is -3.17. The van der Waals surface area contributed by atoms with Crippen molar-refractivity contribution in [1.82, 2.24) is 9.97 Å². The molecule has 3 aromatic rings. The van der Waals surface area contributed by atoms with Crippen molar-refractivity contribution in [3.63, 3.8) is 0 Å². The van der Waals surface area contributed by atoms with E-state index >= 15 is 0 Å². The Hall–Kier alpha value is -2.14. The molecule has 1 unspecified atom stereocenters. The van der Waals surface area contributed by atoms with Crippen molar-refractivity contribution in [2.45, 2.75) is 31.8 Å². The topological polar surface area (TPSA) is 126 Å². The van der Waals surface area contributed by atoms with Crippen molar-refractivity contribution in [2.75, 3.05) is 12.9 Å². The molecule has 3 heterocycles. The van der Waals surface area contributed by atoms with Crippen LogP contribution in [-0.2, 0) is 22.0 Å². The molecule has 0 radical (unpaired) electrons. The number of aliphatic hydroxyl groups excluding tert-OH is 1. The van der Waals surface area contributed by atoms with Crippen LogP contribution in [0.2, 0.25) is 0 Å². The summed E-state index contributed by atoms with van der Waals surface area (Å²) >= 11 is 8.09. The van der Waals surface area contributed by atoms with Crippen LogP contribution in [0, 0.1) is 0 Å². The summed E-state index contributed by atoms with van der Waals surface area (Å²) in [6, 6.07) is 7.60. The predicted octanol–water partition coefficient (Wildman–Crippen LogP) is 3.85. The van der Waals surface area contributed by atoms with Gasteiger partial charge in [-0.1, -0.05) is 23.8 Å². The lowest BCUT2D eigenvalue weighted by Crippen LogP contribution is -2.25. The van der Waals surface area contributed by atoms with Gasteiger partial charge in [-0.2, -0.15) is 0 Å². The number of fused-ring (bicyclic) bond motifs is 1. The Morgan fingerprint density at radius 2 is 1.94 bits per heavy atom. The number of aromatic nitrogens is 2. The number of primary sulfonamides is 1. The van der Waals surface area contributed by atoms with Crippen LogP contribution in [0.1, 0.15) is 30.2 Å². The molecule has 4 N–H and O–H groups in total. The molecule has 0 bridgehead atoms. The lowest BCUT2D eigenvalue weighted by molar-refractivity contribution is -0.00230. The molecular formula is C23H26ClN3O4S2. The third-order valence-corrected chi connectivity index (χ3v) is 6.58. The summed E-state index contributed by atoms with van der Waals surface area (Å²) in [5, 5.41) is 25.1. The molecule has 1 aliphatic carbocycles. The molecule has 0 spiro atoms. The molecular weight excluding hydrogens is 482 g/mol. The maximum atomic E-state index is 10.4. The summed E-state index contributed by atoms with van der Waals surface area (Å²) < 4.78 is 19.9. The molecule has 0 fully saturated rings. The van der Waals surface area contributed by atoms with Crippen LogP contribution in [0.5, 0.6) is 0 Å². The Morgan fingerprint density at radius 3 is 2.61 bits per heavy atom. The van der Waals surface area contributed by atoms with Gasteiger partial charge in [0.05, 0.1) is 28.8 Å². The smallest absolute Gasteiger partial charge is 0.206 e. The minimum Gasteiger partial charge on any atom is -0.393 e. The average molecular weight is 508 g/mol. The lowest BCUT2D eigenvalue weighted by atomic mass is 9.96. The fourth-order valence-corrected chi connectivity index (χ4v) is 4.71. The Bertz CT molecular complexity index is 1310. The number of thiophene rings is 1. The minimum absolute atomic E-state index is 0.352. The maximum absolute atomic E-state index is 10.4. The number of hydrogen-bond donors (Lipinski definition) is 3. The first-order valence-electron chi connectivity index (χ1n) is 10.2. The van der Waals surface area contributed by atoms with Crippen molar-refractivity contribution in [1.29, 1.82) is 0 Å². The van der Waals surface area contributed by atoms with Crippen molar-refractivity contribution in [3.05, 3.63) is 69.9 Å². The highest BCUT2D eigenvalue weighted by Gasteiger charge is 2.23. The van der Waals surface area contributed by atoms with E-state index in [9.17, 15) is 18.6 Å². The van der Waals surface area contributed by atoms with E-state index in [4.69, 9.17) is 11.6 Å². The number of sulfonamides is 1. The Balaban J connectivity index is 0.000000555. The molecule has 4 rings (SSSR count). The van der Waals surface area contributed by atoms with Crippen molar-refractivity contribution in [2.24, 2.45) is 5.14 Å². The molecule has 7 nitrogen and oxygen atoms in total. The van der Waals surface area contributed by atoms with Crippen molar-refractivity contribution in [3.8, 4) is 11.3 Å². The van der Waals surface area contributed by atoms with Gasteiger partial charge in [0.25, 0.3) is 0 Å². The fraction of sp³-hybridized carbons (Fsp3) is 0.304. The van der Waals surface area contributed by atoms with E-state index in [1.54, 1.807) is 36.7 Å². The molecule has 0 aromatic carbocycles. The van der Waals surface area contributed by atoms with Gasteiger partial charge in [-0.3, -0.25) is 9.97 Å². The van der Waals surface area contributed by atoms with E-state index in [2.05, 4.69) is 33.3 Å². The van der Waals surface area contributed by atoms with Crippen LogP contribution in [0.25, 0.3) is 21.5 Å². The first kappa shape index (κ1) is 25.5. The summed E-state index contributed by atoms with van der Waals surface area (Å²) in [4.78, 5) is 10.2. The van der Waals surface area contributed by atoms with Gasteiger partial charge in [0.15, 0.2) is 0 Å². The zero-order chi connectivity index (χ0) is 24.2. The third kappa shape index (κ3) is 6.92. The maximum Gasteiger partial charge on any atom is 0.206 e. The van der Waals surface area contributed by atoms with Crippen LogP contribution in [0.4, 0.5) is 0 Å². The van der Waals surface area contributed by atoms with Crippen molar-refractivity contribution < 1.29 is 18.6 Å². The summed E-state index contributed by atoms with van der Waals surface area (Å²) in [5.74, 6) is 0. The van der Waals surface area contributed by atoms with E-state index < -0.39 is 15.6 Å². The zero-order valence-corrected chi connectivity index (χ0v) is 20.7. The summed E-state index contributed by atoms with van der Waals surface area (Å²) in [6.07, 6.45) is 11.4. The van der Waals surface area contributed by atoms with Crippen LogP contribution >= 0.6 is 22.9 Å². The van der Waals surface area contributed by atoms with Gasteiger partial charge >= 0.3 is 0 Å². The number of rotatable bonds is 5. The third-order valence-electron chi connectivity index (χ3n) is 4.99. The molecule has 0 saturated heterocycles. The number of pyridine rings is 2. The predicted molar refractivity (Wildman–Crippen MR) is 133 cm³/mol. The Labute approximate surface area is 202 Å². The van der Waals surface area contributed by atoms with Gasteiger partial charge in [-0.15, -0.1) is 11.3 Å². The first-order valence-corrected chi connectivity index (χ1v) is 13.3. The SMILES string of the molecule is CC(O)(CO)c1ccnc(-c2ccnc3cc(CC4=C(Cl)CCC=C4)sc23)c1.CS(N)(=O)=O. The Kier molecular flexibility index (Phi) is 8.04. The monoisotopic (exact) mass is 507 g/mol. The highest BCUT2D eigenvalue weighted by Crippen LogP contribution is 2.36. The Morgan fingerprint density at radius 1 is 1.24 bits per heavy atom. The quantitative estimate of drug-likeness (QED) is 0.481. The average Bonchev–Trinajstić information content (AvgIpc) is 3.17. The van der Waals surface area contributed by atoms with Gasteiger partial charge in [0.1, 0.15) is 5.60 Å². The van der Waals surface area contributed by atoms with E-state index in [1.165, 1.54) is 10.5 Å². The first-order chi connectivity index (χ1) is 15.5. The van der Waals surface area contributed by atoms with Crippen LogP contribution in [-0.4, -0.2) is 41.5 Å². The van der Waals surface area contributed by atoms with Crippen LogP contribution in [0.15, 0.2) is 59.4 Å². The largest absolute Gasteiger partial charge is 0.393 e. The number of halogens is 1. The molecule has 1 atom stereocenters. The van der Waals surface area contributed by atoms with Gasteiger partial charge < -0.3 is 10.2 Å². The van der Waals surface area contributed by atoms with Gasteiger partial charge in [-0.25, -0.2) is 13.6 Å². The fourth-order valence-electron chi connectivity index (χ4n) is 3.31. The van der Waals surface area contributed by atoms with Gasteiger partial charge in [0.2, 0.25) is 10.0 Å². The molecule has 0 aliphatic heterocycles. The highest BCUT2D eigenvalue weighted by atomic mass is 35.5. The van der Waals surface area contributed by atoms with E-state index in [0.29, 0.717) is 5.56 Å². The van der Waals surface area contributed by atoms with Crippen LogP contribution < -0.4 is 5.14 Å². The second-order valence-electron chi connectivity index (χ2n) is 8.02. The summed E-state index contributed by atoms with van der Waals surface area (Å²) in [6.45, 7) is 1.24. The van der Waals surface area contributed by atoms with Gasteiger partial charge in [0, 0.05) is 34.3 Å². The molecule has 0 amide bonds. The second kappa shape index (κ2) is 10.4. The zero-order valence-electron chi connectivity index (χ0n) is 18.3. The van der Waals surface area contributed by atoms with Gasteiger partial charge in [-0.05, 0) is 55.2 Å². The normalized spacial score (nSPS) is 15.8. The summed E-state index contributed by atoms with van der Waals surface area (Å²) in [5.41, 5.74) is 3.14. The van der Waals surface area contributed by atoms with E-state index in [0.717, 1.165) is 52.0 Å². The molecule has 0 saturated carbocycles. The number of hydrogen-bond acceptors (Lipinski definition) is 7. The highest BCUT2D eigenvalue weighted by molar-refractivity contribution is 7.88. The number of aliphatic hydroxyl groups is 2. The summed E-state index contributed by atoms with van der Waals surface area (Å²) in [7, 11) is -3.17. The second-order valence-corrected chi connectivity index (χ2v) is 11.3. The molecule has 1 aliphatic rings. The number of nitrogens with zero attached hydrogens (tertiary/aromatic N) is 2. The molecule has 10 heteroatoms. The van der Waals surface area contributed by atoms with E-state index in [-0.39, 0.29) is 6.61 Å². The molecule has 3 aromatic heterocycles.